The third-order valence-corrected chi connectivity index (χ3v) is 1.68. The molecule has 3 heteroatoms. The molecule has 1 unspecified atom stereocenters. The lowest BCUT2D eigenvalue weighted by Crippen LogP contribution is -2.44. The first-order valence-corrected chi connectivity index (χ1v) is 3.73. The lowest BCUT2D eigenvalue weighted by Gasteiger charge is -2.22. The molecule has 0 aliphatic heterocycles. The number of terminal acetylenes is 1. The second kappa shape index (κ2) is 4.41. The minimum absolute atomic E-state index is 0.142. The van der Waals surface area contributed by atoms with Crippen molar-refractivity contribution >= 4 is 5.91 Å². The normalized spacial score (nSPS) is 13.7. The second-order valence-corrected chi connectivity index (χ2v) is 2.71. The maximum atomic E-state index is 10.9. The minimum atomic E-state index is -0.617. The molecule has 12 heavy (non-hydrogen) atoms. The van der Waals surface area contributed by atoms with Gasteiger partial charge in [0.15, 0.2) is 0 Å². The number of nitrogens with one attached hydrogen (secondary N) is 1. The summed E-state index contributed by atoms with van der Waals surface area (Å²) in [6, 6.07) is 1.76. The van der Waals surface area contributed by atoms with Crippen molar-refractivity contribution in [3.05, 3.63) is 0 Å². The van der Waals surface area contributed by atoms with Crippen molar-refractivity contribution in [2.24, 2.45) is 0 Å². The third-order valence-electron chi connectivity index (χ3n) is 1.68. The molecule has 1 atom stereocenters. The molecular weight excluding hydrogens is 152 g/mol. The summed E-state index contributed by atoms with van der Waals surface area (Å²) in [6.45, 7) is 3.63. The first kappa shape index (κ1) is 10.5. The largest absolute Gasteiger partial charge is 0.339 e. The second-order valence-electron chi connectivity index (χ2n) is 2.71. The van der Waals surface area contributed by atoms with E-state index >= 15 is 0 Å². The Morgan fingerprint density at radius 2 is 2.33 bits per heavy atom. The number of nitrogens with zero attached hydrogens (tertiary/aromatic N) is 1. The van der Waals surface area contributed by atoms with Crippen LogP contribution in [0.1, 0.15) is 26.7 Å². The molecule has 0 bridgehead atoms. The van der Waals surface area contributed by atoms with Gasteiger partial charge in [-0.1, -0.05) is 12.8 Å². The average Bonchev–Trinajstić information content (AvgIpc) is 2.05. The molecule has 3 nitrogen and oxygen atoms in total. The van der Waals surface area contributed by atoms with Crippen LogP contribution < -0.4 is 5.32 Å². The highest BCUT2D eigenvalue weighted by atomic mass is 16.1. The fourth-order valence-electron chi connectivity index (χ4n) is 0.650. The van der Waals surface area contributed by atoms with Gasteiger partial charge in [0.2, 0.25) is 5.91 Å². The van der Waals surface area contributed by atoms with E-state index in [1.54, 1.807) is 13.0 Å². The standard InChI is InChI=1S/C9H12N2O/c1-4-9(3,5-2)11-8(12)6-7-10/h1H,5-6H2,2-3H3,(H,11,12). The quantitative estimate of drug-likeness (QED) is 0.628. The van der Waals surface area contributed by atoms with E-state index in [2.05, 4.69) is 11.2 Å². The molecular formula is C9H12N2O. The van der Waals surface area contributed by atoms with Gasteiger partial charge in [0.1, 0.15) is 6.42 Å². The summed E-state index contributed by atoms with van der Waals surface area (Å²) in [6.07, 6.45) is 5.73. The van der Waals surface area contributed by atoms with Gasteiger partial charge in [0, 0.05) is 0 Å². The van der Waals surface area contributed by atoms with E-state index in [-0.39, 0.29) is 12.3 Å². The van der Waals surface area contributed by atoms with Crippen molar-refractivity contribution in [3.8, 4) is 18.4 Å². The van der Waals surface area contributed by atoms with Gasteiger partial charge in [-0.2, -0.15) is 5.26 Å². The highest BCUT2D eigenvalue weighted by molar-refractivity contribution is 5.79. The topological polar surface area (TPSA) is 52.9 Å². The highest BCUT2D eigenvalue weighted by Gasteiger charge is 2.20. The summed E-state index contributed by atoms with van der Waals surface area (Å²) in [5.74, 6) is 2.16. The lowest BCUT2D eigenvalue weighted by atomic mass is 10.0. The smallest absolute Gasteiger partial charge is 0.235 e. The Morgan fingerprint density at radius 3 is 2.67 bits per heavy atom. The van der Waals surface area contributed by atoms with Crippen molar-refractivity contribution in [1.29, 1.82) is 5.26 Å². The Kier molecular flexibility index (Phi) is 3.86. The van der Waals surface area contributed by atoms with Crippen LogP contribution in [0, 0.1) is 23.7 Å². The van der Waals surface area contributed by atoms with E-state index in [1.165, 1.54) is 0 Å². The SMILES string of the molecule is C#CC(C)(CC)NC(=O)CC#N. The van der Waals surface area contributed by atoms with Gasteiger partial charge in [-0.05, 0) is 13.3 Å². The van der Waals surface area contributed by atoms with Crippen LogP contribution in [0.4, 0.5) is 0 Å². The van der Waals surface area contributed by atoms with Gasteiger partial charge < -0.3 is 5.32 Å². The molecule has 0 heterocycles. The molecule has 0 aromatic carbocycles. The maximum absolute atomic E-state index is 10.9. The summed E-state index contributed by atoms with van der Waals surface area (Å²) < 4.78 is 0. The number of carbonyl (C=O) groups is 1. The van der Waals surface area contributed by atoms with Crippen LogP contribution in [0.25, 0.3) is 0 Å². The zero-order valence-electron chi connectivity index (χ0n) is 7.35. The van der Waals surface area contributed by atoms with Gasteiger partial charge in [-0.15, -0.1) is 6.42 Å². The molecule has 0 aliphatic rings. The summed E-state index contributed by atoms with van der Waals surface area (Å²) >= 11 is 0. The molecule has 0 aromatic rings. The zero-order valence-corrected chi connectivity index (χ0v) is 7.35. The lowest BCUT2D eigenvalue weighted by molar-refractivity contribution is -0.121. The summed E-state index contributed by atoms with van der Waals surface area (Å²) in [5.41, 5.74) is -0.617. The predicted molar refractivity (Wildman–Crippen MR) is 45.9 cm³/mol. The first-order valence-electron chi connectivity index (χ1n) is 3.73. The van der Waals surface area contributed by atoms with Crippen molar-refractivity contribution in [2.45, 2.75) is 32.2 Å². The number of hydrogen-bond donors (Lipinski definition) is 1. The molecule has 0 fully saturated rings. The van der Waals surface area contributed by atoms with Crippen LogP contribution in [0.3, 0.4) is 0 Å². The molecule has 0 rings (SSSR count). The molecule has 0 saturated heterocycles. The van der Waals surface area contributed by atoms with Crippen LogP contribution in [0.15, 0.2) is 0 Å². The summed E-state index contributed by atoms with van der Waals surface area (Å²) in [7, 11) is 0. The van der Waals surface area contributed by atoms with E-state index in [1.807, 2.05) is 6.92 Å². The Bertz CT molecular complexity index is 246. The van der Waals surface area contributed by atoms with Gasteiger partial charge in [0.25, 0.3) is 0 Å². The van der Waals surface area contributed by atoms with Gasteiger partial charge in [0.05, 0.1) is 11.6 Å². The minimum Gasteiger partial charge on any atom is -0.339 e. The number of carbonyl (C=O) groups excluding carboxylic acids is 1. The summed E-state index contributed by atoms with van der Waals surface area (Å²) in [4.78, 5) is 10.9. The molecule has 0 radical (unpaired) electrons. The average molecular weight is 164 g/mol. The number of nitriles is 1. The Morgan fingerprint density at radius 1 is 1.75 bits per heavy atom. The van der Waals surface area contributed by atoms with E-state index in [0.29, 0.717) is 6.42 Å². The Hall–Kier alpha value is -1.48. The van der Waals surface area contributed by atoms with Crippen LogP contribution in [0.2, 0.25) is 0 Å². The van der Waals surface area contributed by atoms with Crippen molar-refractivity contribution < 1.29 is 4.79 Å². The summed E-state index contributed by atoms with van der Waals surface area (Å²) in [5, 5.41) is 10.8. The van der Waals surface area contributed by atoms with Crippen LogP contribution in [-0.2, 0) is 4.79 Å². The van der Waals surface area contributed by atoms with Crippen LogP contribution in [0.5, 0.6) is 0 Å². The van der Waals surface area contributed by atoms with E-state index in [4.69, 9.17) is 11.7 Å². The maximum Gasteiger partial charge on any atom is 0.235 e. The predicted octanol–water partition coefficient (Wildman–Crippen LogP) is 0.818. The fraction of sp³-hybridized carbons (Fsp3) is 0.556. The molecule has 1 amide bonds. The van der Waals surface area contributed by atoms with E-state index in [9.17, 15) is 4.79 Å². The molecule has 0 spiro atoms. The number of amides is 1. The highest BCUT2D eigenvalue weighted by Crippen LogP contribution is 2.06. The number of hydrogen-bond acceptors (Lipinski definition) is 2. The van der Waals surface area contributed by atoms with Gasteiger partial charge >= 0.3 is 0 Å². The molecule has 1 N–H and O–H groups in total. The van der Waals surface area contributed by atoms with Crippen LogP contribution >= 0.6 is 0 Å². The third kappa shape index (κ3) is 3.07. The van der Waals surface area contributed by atoms with Gasteiger partial charge in [-0.25, -0.2) is 0 Å². The van der Waals surface area contributed by atoms with Crippen LogP contribution in [-0.4, -0.2) is 11.4 Å². The van der Waals surface area contributed by atoms with E-state index < -0.39 is 5.54 Å². The first-order chi connectivity index (χ1) is 5.58. The Labute approximate surface area is 72.8 Å². The van der Waals surface area contributed by atoms with Crippen molar-refractivity contribution in [3.63, 3.8) is 0 Å². The van der Waals surface area contributed by atoms with Crippen molar-refractivity contribution in [2.75, 3.05) is 0 Å². The van der Waals surface area contributed by atoms with Crippen molar-refractivity contribution in [1.82, 2.24) is 5.32 Å². The molecule has 64 valence electrons. The molecule has 0 aliphatic carbocycles. The fourth-order valence-corrected chi connectivity index (χ4v) is 0.650. The zero-order chi connectivity index (χ0) is 9.61. The number of rotatable bonds is 3. The molecule has 0 aromatic heterocycles. The van der Waals surface area contributed by atoms with E-state index in [0.717, 1.165) is 0 Å². The molecule has 0 saturated carbocycles. The Balaban J connectivity index is 4.16. The monoisotopic (exact) mass is 164 g/mol. The van der Waals surface area contributed by atoms with Gasteiger partial charge in [-0.3, -0.25) is 4.79 Å².